The first-order valence-corrected chi connectivity index (χ1v) is 12.2. The first-order chi connectivity index (χ1) is 16.9. The molecule has 3 aliphatic rings. The van der Waals surface area contributed by atoms with Crippen molar-refractivity contribution in [2.75, 3.05) is 50.8 Å². The number of anilines is 1. The molecule has 1 aromatic carbocycles. The van der Waals surface area contributed by atoms with Gasteiger partial charge in [-0.1, -0.05) is 12.1 Å². The monoisotopic (exact) mass is 523 g/mol. The second kappa shape index (κ2) is 10.3. The van der Waals surface area contributed by atoms with E-state index in [4.69, 9.17) is 4.74 Å². The molecule has 4 rings (SSSR count). The highest BCUT2D eigenvalue weighted by atomic mass is 19.4. The quantitative estimate of drug-likeness (QED) is 0.526. The van der Waals surface area contributed by atoms with Crippen molar-refractivity contribution < 1.29 is 40.6 Å². The maximum atomic E-state index is 12.8. The van der Waals surface area contributed by atoms with Gasteiger partial charge in [-0.05, 0) is 56.3 Å². The summed E-state index contributed by atoms with van der Waals surface area (Å²) >= 11 is 0. The maximum Gasteiger partial charge on any atom is 0.434 e. The average Bonchev–Trinajstić information content (AvgIpc) is 3.18. The van der Waals surface area contributed by atoms with Crippen molar-refractivity contribution >= 4 is 11.8 Å². The molecule has 12 heteroatoms. The summed E-state index contributed by atoms with van der Waals surface area (Å²) in [7, 11) is 0. The van der Waals surface area contributed by atoms with E-state index in [0.29, 0.717) is 32.6 Å². The molecule has 0 aliphatic carbocycles. The Morgan fingerprint density at radius 3 is 2.22 bits per heavy atom. The molecule has 0 N–H and O–H groups in total. The average molecular weight is 524 g/mol. The van der Waals surface area contributed by atoms with Crippen molar-refractivity contribution in [3.8, 4) is 0 Å². The fraction of sp³-hybridized carbons (Fsp3) is 0.708. The van der Waals surface area contributed by atoms with E-state index in [9.17, 15) is 31.1 Å². The Kier molecular flexibility index (Phi) is 7.66. The van der Waals surface area contributed by atoms with Crippen LogP contribution in [-0.4, -0.2) is 85.8 Å². The summed E-state index contributed by atoms with van der Waals surface area (Å²) < 4.78 is 85.9. The molecule has 3 aliphatic heterocycles. The number of hydrogen-bond acceptors (Lipinski definition) is 5. The van der Waals surface area contributed by atoms with Gasteiger partial charge in [-0.3, -0.25) is 4.90 Å². The van der Waals surface area contributed by atoms with Crippen molar-refractivity contribution in [2.45, 2.75) is 63.1 Å². The Morgan fingerprint density at radius 1 is 1.00 bits per heavy atom. The molecule has 1 amide bonds. The van der Waals surface area contributed by atoms with E-state index in [1.807, 2.05) is 0 Å². The molecule has 1 aromatic rings. The summed E-state index contributed by atoms with van der Waals surface area (Å²) in [6, 6.07) is 6.39. The van der Waals surface area contributed by atoms with E-state index in [0.717, 1.165) is 42.9 Å². The highest BCUT2D eigenvalue weighted by Crippen LogP contribution is 2.41. The van der Waals surface area contributed by atoms with Crippen molar-refractivity contribution in [2.24, 2.45) is 0 Å². The van der Waals surface area contributed by atoms with Crippen LogP contribution >= 0.6 is 0 Å². The standard InChI is InChI=1S/C24H31F6N3O3/c1-17-15-18(3-4-19(17)31-11-13-35-14-12-31)16-33-8-2-5-22(33)6-9-32(10-7-22)21(34)36-20(23(25,26)27)24(28,29)30/h3-4,15,20H,2,5-14,16H2,1H3. The molecule has 36 heavy (non-hydrogen) atoms. The Bertz CT molecular complexity index is 911. The van der Waals surface area contributed by atoms with Crippen LogP contribution < -0.4 is 4.90 Å². The van der Waals surface area contributed by atoms with Crippen LogP contribution in [0.15, 0.2) is 18.2 Å². The van der Waals surface area contributed by atoms with Gasteiger partial charge in [-0.25, -0.2) is 4.79 Å². The van der Waals surface area contributed by atoms with Crippen LogP contribution in [0.1, 0.15) is 36.8 Å². The number of ether oxygens (including phenoxy) is 2. The third kappa shape index (κ3) is 5.85. The predicted octanol–water partition coefficient (Wildman–Crippen LogP) is 4.89. The number of alkyl halides is 6. The van der Waals surface area contributed by atoms with E-state index >= 15 is 0 Å². The van der Waals surface area contributed by atoms with E-state index in [1.165, 1.54) is 11.3 Å². The van der Waals surface area contributed by atoms with Crippen molar-refractivity contribution in [3.05, 3.63) is 29.3 Å². The molecule has 202 valence electrons. The van der Waals surface area contributed by atoms with Gasteiger partial charge < -0.3 is 19.3 Å². The summed E-state index contributed by atoms with van der Waals surface area (Å²) in [5.74, 6) is 0. The Morgan fingerprint density at radius 2 is 1.64 bits per heavy atom. The molecular weight excluding hydrogens is 492 g/mol. The molecule has 3 heterocycles. The summed E-state index contributed by atoms with van der Waals surface area (Å²) in [6.07, 6.45) is -14.4. The molecule has 0 saturated carbocycles. The van der Waals surface area contributed by atoms with Crippen LogP contribution in [-0.2, 0) is 16.0 Å². The van der Waals surface area contributed by atoms with E-state index in [1.54, 1.807) is 0 Å². The molecule has 3 saturated heterocycles. The number of halogens is 6. The van der Waals surface area contributed by atoms with Crippen LogP contribution in [0.4, 0.5) is 36.8 Å². The van der Waals surface area contributed by atoms with E-state index in [-0.39, 0.29) is 18.6 Å². The lowest BCUT2D eigenvalue weighted by Gasteiger charge is -2.45. The van der Waals surface area contributed by atoms with Crippen molar-refractivity contribution in [1.82, 2.24) is 9.80 Å². The highest BCUT2D eigenvalue weighted by Gasteiger charge is 2.60. The lowest BCUT2D eigenvalue weighted by atomic mass is 9.85. The van der Waals surface area contributed by atoms with Gasteiger partial charge in [-0.2, -0.15) is 26.3 Å². The SMILES string of the molecule is Cc1cc(CN2CCCC23CCN(C(=O)OC(C(F)(F)F)C(F)(F)F)CC3)ccc1N1CCOCC1. The minimum atomic E-state index is -5.72. The molecule has 6 nitrogen and oxygen atoms in total. The number of aryl methyl sites for hydroxylation is 1. The minimum absolute atomic E-state index is 0.0484. The van der Waals surface area contributed by atoms with Crippen molar-refractivity contribution in [3.63, 3.8) is 0 Å². The Hall–Kier alpha value is -2.21. The number of likely N-dealkylation sites (tertiary alicyclic amines) is 2. The smallest absolute Gasteiger partial charge is 0.426 e. The zero-order chi connectivity index (χ0) is 26.1. The summed E-state index contributed by atoms with van der Waals surface area (Å²) in [4.78, 5) is 17.8. The molecule has 0 unspecified atom stereocenters. The maximum absolute atomic E-state index is 12.8. The zero-order valence-electron chi connectivity index (χ0n) is 20.1. The molecular formula is C24H31F6N3O3. The normalized spacial score (nSPS) is 21.4. The lowest BCUT2D eigenvalue weighted by Crippen LogP contribution is -2.54. The van der Waals surface area contributed by atoms with E-state index in [2.05, 4.69) is 39.7 Å². The molecule has 1 spiro atoms. The summed E-state index contributed by atoms with van der Waals surface area (Å²) in [5.41, 5.74) is 3.26. The van der Waals surface area contributed by atoms with Crippen molar-refractivity contribution in [1.29, 1.82) is 0 Å². The molecule has 0 bridgehead atoms. The Balaban J connectivity index is 1.37. The number of carbonyl (C=O) groups excluding carboxylic acids is 1. The van der Waals surface area contributed by atoms with Crippen LogP contribution in [0.25, 0.3) is 0 Å². The van der Waals surface area contributed by atoms with Gasteiger partial charge in [0.25, 0.3) is 6.10 Å². The minimum Gasteiger partial charge on any atom is -0.426 e. The third-order valence-corrected chi connectivity index (χ3v) is 7.49. The summed E-state index contributed by atoms with van der Waals surface area (Å²) in [6.45, 7) is 6.82. The van der Waals surface area contributed by atoms with Gasteiger partial charge in [0.1, 0.15) is 0 Å². The number of benzene rings is 1. The van der Waals surface area contributed by atoms with E-state index < -0.39 is 24.5 Å². The van der Waals surface area contributed by atoms with Gasteiger partial charge in [0.05, 0.1) is 13.2 Å². The molecule has 3 fully saturated rings. The van der Waals surface area contributed by atoms with Gasteiger partial charge in [-0.15, -0.1) is 0 Å². The number of carbonyl (C=O) groups is 1. The lowest BCUT2D eigenvalue weighted by molar-refractivity contribution is -0.308. The number of nitrogens with zero attached hydrogens (tertiary/aromatic N) is 3. The summed E-state index contributed by atoms with van der Waals surface area (Å²) in [5, 5.41) is 0. The van der Waals surface area contributed by atoms with Gasteiger partial charge in [0, 0.05) is 44.0 Å². The predicted molar refractivity (Wildman–Crippen MR) is 120 cm³/mol. The number of hydrogen-bond donors (Lipinski definition) is 0. The fourth-order valence-electron chi connectivity index (χ4n) is 5.60. The fourth-order valence-corrected chi connectivity index (χ4v) is 5.60. The largest absolute Gasteiger partial charge is 0.434 e. The van der Waals surface area contributed by atoms with Gasteiger partial charge in [0.2, 0.25) is 0 Å². The molecule has 0 aromatic heterocycles. The topological polar surface area (TPSA) is 45.2 Å². The second-order valence-electron chi connectivity index (χ2n) is 9.80. The van der Waals surface area contributed by atoms with Crippen LogP contribution in [0.5, 0.6) is 0 Å². The Labute approximate surface area is 206 Å². The van der Waals surface area contributed by atoms with Crippen LogP contribution in [0.2, 0.25) is 0 Å². The first-order valence-electron chi connectivity index (χ1n) is 12.2. The number of piperidine rings is 1. The number of rotatable bonds is 4. The number of morpholine rings is 1. The van der Waals surface area contributed by atoms with Crippen LogP contribution in [0.3, 0.4) is 0 Å². The first kappa shape index (κ1) is 26.8. The van der Waals surface area contributed by atoms with Gasteiger partial charge in [0.15, 0.2) is 0 Å². The third-order valence-electron chi connectivity index (χ3n) is 7.49. The van der Waals surface area contributed by atoms with Crippen LogP contribution in [0, 0.1) is 6.92 Å². The number of amides is 1. The van der Waals surface area contributed by atoms with Gasteiger partial charge >= 0.3 is 18.4 Å². The second-order valence-corrected chi connectivity index (χ2v) is 9.80. The molecule has 0 radical (unpaired) electrons. The molecule has 0 atom stereocenters. The highest BCUT2D eigenvalue weighted by molar-refractivity contribution is 5.68. The zero-order valence-corrected chi connectivity index (χ0v) is 20.1.